The van der Waals surface area contributed by atoms with Crippen LogP contribution < -0.4 is 5.56 Å². The van der Waals surface area contributed by atoms with E-state index in [1.165, 1.54) is 44.6 Å². The lowest BCUT2D eigenvalue weighted by atomic mass is 9.90. The van der Waals surface area contributed by atoms with Gasteiger partial charge in [0.05, 0.1) is 30.0 Å². The largest absolute Gasteiger partial charge is 0.444 e. The number of likely N-dealkylation sites (N-methyl/N-ethyl adjacent to an activating group) is 1. The summed E-state index contributed by atoms with van der Waals surface area (Å²) in [5.74, 6) is -2.56. The minimum Gasteiger partial charge on any atom is -0.444 e. The number of aliphatic hydroxyl groups is 1. The predicted molar refractivity (Wildman–Crippen MR) is 178 cm³/mol. The van der Waals surface area contributed by atoms with Crippen LogP contribution in [0.4, 0.5) is 18.0 Å². The Morgan fingerprint density at radius 2 is 1.74 bits per heavy atom. The lowest BCUT2D eigenvalue weighted by molar-refractivity contribution is -0.162. The van der Waals surface area contributed by atoms with Crippen LogP contribution in [-0.4, -0.2) is 89.6 Å². The molecule has 2 atom stereocenters. The van der Waals surface area contributed by atoms with Gasteiger partial charge in [0, 0.05) is 38.2 Å². The molecule has 50 heavy (non-hydrogen) atoms. The number of benzene rings is 2. The average molecular weight is 695 g/mol. The number of hydrogen-bond acceptors (Lipinski definition) is 7. The molecule has 2 aromatic carbocycles. The Morgan fingerprint density at radius 3 is 2.40 bits per heavy atom. The Balaban J connectivity index is 1.11. The quantitative estimate of drug-likeness (QED) is 0.290. The number of halogens is 3. The maximum atomic E-state index is 13.8. The molecule has 2 unspecified atom stereocenters. The van der Waals surface area contributed by atoms with Gasteiger partial charge in [0.1, 0.15) is 11.9 Å². The van der Waals surface area contributed by atoms with Gasteiger partial charge in [-0.2, -0.15) is 18.3 Å². The molecule has 11 nitrogen and oxygen atoms in total. The zero-order valence-corrected chi connectivity index (χ0v) is 28.5. The summed E-state index contributed by atoms with van der Waals surface area (Å²) in [6, 6.07) is 13.3. The van der Waals surface area contributed by atoms with E-state index in [9.17, 15) is 32.7 Å². The Bertz CT molecular complexity index is 1940. The van der Waals surface area contributed by atoms with E-state index in [4.69, 9.17) is 4.74 Å². The first-order chi connectivity index (χ1) is 23.5. The van der Waals surface area contributed by atoms with Crippen molar-refractivity contribution >= 4 is 17.6 Å². The number of carbonyl (C=O) groups is 2. The molecule has 0 radical (unpaired) electrons. The van der Waals surface area contributed by atoms with Crippen LogP contribution in [0.3, 0.4) is 0 Å². The first kappa shape index (κ1) is 35.1. The lowest BCUT2D eigenvalue weighted by Crippen LogP contribution is -2.50. The van der Waals surface area contributed by atoms with Crippen LogP contribution in [0.1, 0.15) is 62.6 Å². The summed E-state index contributed by atoms with van der Waals surface area (Å²) in [7, 11) is 1.74. The highest BCUT2D eigenvalue weighted by molar-refractivity contribution is 5.77. The number of ether oxygens (including phenoxy) is 1. The summed E-state index contributed by atoms with van der Waals surface area (Å²) in [4.78, 5) is 46.4. The predicted octanol–water partition coefficient (Wildman–Crippen LogP) is 4.98. The number of likely N-dealkylation sites (tertiary alicyclic amines) is 1. The summed E-state index contributed by atoms with van der Waals surface area (Å²) in [6.45, 7) is 5.49. The fraction of sp³-hybridized carbons (Fsp3) is 0.472. The number of alkyl halides is 3. The molecule has 0 bridgehead atoms. The number of piperidine rings is 1. The van der Waals surface area contributed by atoms with E-state index >= 15 is 0 Å². The minimum atomic E-state index is -4.59. The summed E-state index contributed by atoms with van der Waals surface area (Å²) in [6.07, 6.45) is -1.28. The molecule has 1 aliphatic heterocycles. The van der Waals surface area contributed by atoms with Gasteiger partial charge in [0.15, 0.2) is 0 Å². The summed E-state index contributed by atoms with van der Waals surface area (Å²) in [5.41, 5.74) is 1.27. The van der Waals surface area contributed by atoms with Crippen LogP contribution in [0.15, 0.2) is 65.8 Å². The molecule has 1 saturated heterocycles. The van der Waals surface area contributed by atoms with E-state index in [1.807, 2.05) is 39.0 Å². The van der Waals surface area contributed by atoms with Gasteiger partial charge in [0.25, 0.3) is 5.56 Å². The maximum absolute atomic E-state index is 13.8. The number of rotatable bonds is 7. The second-order valence-electron chi connectivity index (χ2n) is 14.4. The number of imidazole rings is 1. The molecule has 14 heteroatoms. The van der Waals surface area contributed by atoms with Crippen molar-refractivity contribution in [1.82, 2.24) is 29.0 Å². The normalized spacial score (nSPS) is 18.2. The van der Waals surface area contributed by atoms with Gasteiger partial charge in [0.2, 0.25) is 11.6 Å². The number of aromatic nitrogens is 4. The van der Waals surface area contributed by atoms with Crippen molar-refractivity contribution in [2.45, 2.75) is 88.8 Å². The number of hydrogen-bond donors (Lipinski definition) is 1. The molecular weight excluding hydrogens is 653 g/mol. The van der Waals surface area contributed by atoms with E-state index < -0.39 is 41.2 Å². The SMILES string of the molecule is CN(C(=O)OC(C)(C)C)C1Cc2ccc(-c3cnc4c(=O)n(CC5(O)CCN(C(=O)CC(c6ccccc6)C(F)(F)F)CC5)cnn34)cc2C1. The highest BCUT2D eigenvalue weighted by Crippen LogP contribution is 2.38. The smallest absolute Gasteiger partial charge is 0.410 e. The number of amides is 2. The van der Waals surface area contributed by atoms with Crippen LogP contribution in [0.2, 0.25) is 0 Å². The van der Waals surface area contributed by atoms with Crippen molar-refractivity contribution in [2.75, 3.05) is 20.1 Å². The molecule has 1 aliphatic carbocycles. The number of carbonyl (C=O) groups excluding carboxylic acids is 2. The van der Waals surface area contributed by atoms with Crippen LogP contribution in [0.25, 0.3) is 16.9 Å². The van der Waals surface area contributed by atoms with Crippen molar-refractivity contribution < 1.29 is 32.6 Å². The molecule has 266 valence electrons. The fourth-order valence-corrected chi connectivity index (χ4v) is 6.78. The van der Waals surface area contributed by atoms with Gasteiger partial charge >= 0.3 is 12.3 Å². The zero-order chi connectivity index (χ0) is 36.0. The number of fused-ring (bicyclic) bond motifs is 2. The van der Waals surface area contributed by atoms with E-state index in [1.54, 1.807) is 24.2 Å². The van der Waals surface area contributed by atoms with Crippen molar-refractivity contribution in [3.8, 4) is 11.3 Å². The van der Waals surface area contributed by atoms with Gasteiger partial charge in [-0.1, -0.05) is 42.5 Å². The Labute approximate surface area is 287 Å². The van der Waals surface area contributed by atoms with Crippen molar-refractivity contribution in [2.24, 2.45) is 0 Å². The van der Waals surface area contributed by atoms with Crippen LogP contribution in [0.5, 0.6) is 0 Å². The second-order valence-corrected chi connectivity index (χ2v) is 14.4. The van der Waals surface area contributed by atoms with Crippen LogP contribution in [-0.2, 0) is 28.9 Å². The van der Waals surface area contributed by atoms with Crippen molar-refractivity contribution in [1.29, 1.82) is 0 Å². The van der Waals surface area contributed by atoms with Crippen LogP contribution in [0, 0.1) is 0 Å². The number of nitrogens with zero attached hydrogens (tertiary/aromatic N) is 6. The average Bonchev–Trinajstić information content (AvgIpc) is 3.68. The highest BCUT2D eigenvalue weighted by atomic mass is 19.4. The molecule has 2 aromatic heterocycles. The molecule has 6 rings (SSSR count). The molecule has 2 aliphatic rings. The van der Waals surface area contributed by atoms with Crippen molar-refractivity contribution in [3.05, 3.63) is 88.1 Å². The Morgan fingerprint density at radius 1 is 1.06 bits per heavy atom. The van der Waals surface area contributed by atoms with E-state index in [0.29, 0.717) is 18.5 Å². The first-order valence-corrected chi connectivity index (χ1v) is 16.6. The van der Waals surface area contributed by atoms with Gasteiger partial charge in [-0.15, -0.1) is 0 Å². The second kappa shape index (κ2) is 13.2. The standard InChI is InChI=1S/C36H41F3N6O5/c1-34(2,3)50-33(48)42(4)27-17-24-10-11-25(16-26(24)18-27)29-20-40-31-32(47)44(22-41-45(29)31)21-35(49)12-14-43(15-13-35)30(46)19-28(36(37,38)39)23-8-6-5-7-9-23/h5-11,16,20,22,27-28,49H,12-15,17-19,21H2,1-4H3. The Hall–Kier alpha value is -4.72. The third kappa shape index (κ3) is 7.40. The van der Waals surface area contributed by atoms with Gasteiger partial charge in [-0.25, -0.2) is 14.3 Å². The van der Waals surface area contributed by atoms with Gasteiger partial charge in [-0.3, -0.25) is 14.2 Å². The molecular formula is C36H41F3N6O5. The van der Waals surface area contributed by atoms with Crippen molar-refractivity contribution in [3.63, 3.8) is 0 Å². The Kier molecular flexibility index (Phi) is 9.27. The zero-order valence-electron chi connectivity index (χ0n) is 28.5. The van der Waals surface area contributed by atoms with E-state index in [0.717, 1.165) is 16.7 Å². The molecule has 1 fully saturated rings. The maximum Gasteiger partial charge on any atom is 0.410 e. The molecule has 3 heterocycles. The fourth-order valence-electron chi connectivity index (χ4n) is 6.78. The summed E-state index contributed by atoms with van der Waals surface area (Å²) in [5, 5.41) is 15.8. The first-order valence-electron chi connectivity index (χ1n) is 16.6. The molecule has 0 saturated carbocycles. The van der Waals surface area contributed by atoms with Gasteiger partial charge in [-0.05, 0) is 69.2 Å². The van der Waals surface area contributed by atoms with E-state index in [2.05, 4.69) is 10.1 Å². The molecule has 1 N–H and O–H groups in total. The van der Waals surface area contributed by atoms with Gasteiger partial charge < -0.3 is 19.6 Å². The summed E-state index contributed by atoms with van der Waals surface area (Å²) >= 11 is 0. The monoisotopic (exact) mass is 694 g/mol. The molecule has 4 aromatic rings. The third-order valence-corrected chi connectivity index (χ3v) is 9.63. The summed E-state index contributed by atoms with van der Waals surface area (Å²) < 4.78 is 49.8. The lowest BCUT2D eigenvalue weighted by Gasteiger charge is -2.39. The highest BCUT2D eigenvalue weighted by Gasteiger charge is 2.43. The molecule has 0 spiro atoms. The third-order valence-electron chi connectivity index (χ3n) is 9.63. The topological polar surface area (TPSA) is 122 Å². The molecule has 2 amide bonds. The minimum absolute atomic E-state index is 0.0271. The van der Waals surface area contributed by atoms with E-state index in [-0.39, 0.29) is 55.8 Å². The van der Waals surface area contributed by atoms with Crippen LogP contribution >= 0.6 is 0 Å².